The Morgan fingerprint density at radius 1 is 0.952 bits per heavy atom. The molecule has 0 aliphatic heterocycles. The third kappa shape index (κ3) is 3.46. The van der Waals surface area contributed by atoms with E-state index >= 15 is 0 Å². The Hall–Kier alpha value is -0.920. The van der Waals surface area contributed by atoms with Gasteiger partial charge in [-0.3, -0.25) is 0 Å². The Kier molecular flexibility index (Phi) is 4.75. The summed E-state index contributed by atoms with van der Waals surface area (Å²) in [6.45, 7) is 0. The lowest BCUT2D eigenvalue weighted by molar-refractivity contribution is -0.137. The van der Waals surface area contributed by atoms with Crippen molar-refractivity contribution in [2.75, 3.05) is 0 Å². The Labute approximate surface area is 135 Å². The van der Waals surface area contributed by atoms with Crippen LogP contribution in [0.5, 0.6) is 0 Å². The van der Waals surface area contributed by atoms with Crippen LogP contribution in [0.3, 0.4) is 0 Å². The maximum Gasteiger partial charge on any atom is 0.416 e. The first-order valence-electron chi connectivity index (χ1n) is 5.78. The van der Waals surface area contributed by atoms with E-state index in [4.69, 9.17) is 5.73 Å². The molecule has 0 aliphatic carbocycles. The van der Waals surface area contributed by atoms with Crippen molar-refractivity contribution in [3.8, 4) is 0 Å². The number of nitrogens with two attached hydrogens (primary N) is 1. The lowest BCUT2D eigenvalue weighted by Crippen LogP contribution is -2.16. The topological polar surface area (TPSA) is 26.0 Å². The maximum atomic E-state index is 14.0. The molecule has 0 bridgehead atoms. The van der Waals surface area contributed by atoms with Gasteiger partial charge < -0.3 is 5.73 Å². The van der Waals surface area contributed by atoms with E-state index in [9.17, 15) is 17.6 Å². The first-order chi connectivity index (χ1) is 9.71. The van der Waals surface area contributed by atoms with Gasteiger partial charge >= 0.3 is 6.18 Å². The Morgan fingerprint density at radius 3 is 2.24 bits per heavy atom. The van der Waals surface area contributed by atoms with Crippen LogP contribution in [-0.2, 0) is 6.18 Å². The summed E-state index contributed by atoms with van der Waals surface area (Å²) in [6, 6.07) is 6.62. The molecule has 0 saturated heterocycles. The van der Waals surface area contributed by atoms with Crippen molar-refractivity contribution >= 4 is 31.9 Å². The molecular weight excluding hydrogens is 418 g/mol. The number of hydrogen-bond donors (Lipinski definition) is 1. The number of halogens is 6. The van der Waals surface area contributed by atoms with Gasteiger partial charge in [-0.25, -0.2) is 4.39 Å². The standard InChI is InChI=1S/C14H9Br2F4N/c15-10-5-4-7(14(18,19)20)6-9(10)13(21)8-2-1-3-11(16)12(8)17/h1-6,13H,21H2. The molecule has 2 aromatic carbocycles. The lowest BCUT2D eigenvalue weighted by Gasteiger charge is -2.18. The quantitative estimate of drug-likeness (QED) is 0.637. The van der Waals surface area contributed by atoms with Gasteiger partial charge in [-0.15, -0.1) is 0 Å². The largest absolute Gasteiger partial charge is 0.416 e. The molecule has 0 aliphatic rings. The van der Waals surface area contributed by atoms with Gasteiger partial charge in [0.1, 0.15) is 5.82 Å². The van der Waals surface area contributed by atoms with Crippen molar-refractivity contribution in [1.29, 1.82) is 0 Å². The fourth-order valence-electron chi connectivity index (χ4n) is 1.89. The van der Waals surface area contributed by atoms with Crippen LogP contribution < -0.4 is 5.73 Å². The van der Waals surface area contributed by atoms with Crippen LogP contribution >= 0.6 is 31.9 Å². The average molecular weight is 427 g/mol. The summed E-state index contributed by atoms with van der Waals surface area (Å²) < 4.78 is 53.0. The zero-order valence-corrected chi connectivity index (χ0v) is 13.6. The van der Waals surface area contributed by atoms with Crippen LogP contribution in [-0.4, -0.2) is 0 Å². The molecule has 2 N–H and O–H groups in total. The van der Waals surface area contributed by atoms with Crippen LogP contribution in [0.25, 0.3) is 0 Å². The molecule has 0 heterocycles. The van der Waals surface area contributed by atoms with Crippen LogP contribution in [0, 0.1) is 5.82 Å². The van der Waals surface area contributed by atoms with E-state index in [2.05, 4.69) is 31.9 Å². The monoisotopic (exact) mass is 425 g/mol. The Morgan fingerprint density at radius 2 is 1.62 bits per heavy atom. The zero-order valence-electron chi connectivity index (χ0n) is 10.4. The fourth-order valence-corrected chi connectivity index (χ4v) is 2.76. The fraction of sp³-hybridized carbons (Fsp3) is 0.143. The van der Waals surface area contributed by atoms with Gasteiger partial charge in [-0.2, -0.15) is 13.2 Å². The second-order valence-corrected chi connectivity index (χ2v) is 6.06. The molecule has 0 fully saturated rings. The van der Waals surface area contributed by atoms with Crippen molar-refractivity contribution in [2.24, 2.45) is 5.73 Å². The SMILES string of the molecule is NC(c1cc(C(F)(F)F)ccc1Br)c1cccc(Br)c1F. The van der Waals surface area contributed by atoms with E-state index in [0.717, 1.165) is 12.1 Å². The second kappa shape index (κ2) is 6.06. The molecule has 0 saturated carbocycles. The van der Waals surface area contributed by atoms with E-state index in [0.29, 0.717) is 4.47 Å². The smallest absolute Gasteiger partial charge is 0.320 e. The van der Waals surface area contributed by atoms with Crippen LogP contribution in [0.2, 0.25) is 0 Å². The normalized spacial score (nSPS) is 13.3. The average Bonchev–Trinajstić information content (AvgIpc) is 2.40. The van der Waals surface area contributed by atoms with Crippen LogP contribution in [0.15, 0.2) is 45.3 Å². The van der Waals surface area contributed by atoms with Gasteiger partial charge in [0.2, 0.25) is 0 Å². The zero-order chi connectivity index (χ0) is 15.8. The third-order valence-electron chi connectivity index (χ3n) is 2.97. The van der Waals surface area contributed by atoms with Crippen molar-refractivity contribution in [2.45, 2.75) is 12.2 Å². The molecular formula is C14H9Br2F4N. The first-order valence-corrected chi connectivity index (χ1v) is 7.36. The van der Waals surface area contributed by atoms with Crippen molar-refractivity contribution in [3.05, 3.63) is 67.9 Å². The van der Waals surface area contributed by atoms with Gasteiger partial charge in [0, 0.05) is 10.0 Å². The molecule has 1 unspecified atom stereocenters. The molecule has 112 valence electrons. The molecule has 0 radical (unpaired) electrons. The molecule has 0 spiro atoms. The van der Waals surface area contributed by atoms with Crippen molar-refractivity contribution < 1.29 is 17.6 Å². The summed E-state index contributed by atoms with van der Waals surface area (Å²) in [4.78, 5) is 0. The molecule has 1 nitrogen and oxygen atoms in total. The molecule has 2 aromatic rings. The van der Waals surface area contributed by atoms with E-state index in [1.165, 1.54) is 18.2 Å². The predicted molar refractivity (Wildman–Crippen MR) is 79.3 cm³/mol. The molecule has 1 atom stereocenters. The van der Waals surface area contributed by atoms with E-state index in [1.54, 1.807) is 6.07 Å². The minimum atomic E-state index is -4.48. The summed E-state index contributed by atoms with van der Waals surface area (Å²) in [6.07, 6.45) is -4.48. The summed E-state index contributed by atoms with van der Waals surface area (Å²) >= 11 is 6.19. The number of alkyl halides is 3. The Balaban J connectivity index is 2.53. The lowest BCUT2D eigenvalue weighted by atomic mass is 9.97. The first kappa shape index (κ1) is 16.5. The highest BCUT2D eigenvalue weighted by Gasteiger charge is 2.31. The van der Waals surface area contributed by atoms with Gasteiger partial charge in [0.25, 0.3) is 0 Å². The van der Waals surface area contributed by atoms with Gasteiger partial charge in [-0.1, -0.05) is 28.1 Å². The summed E-state index contributed by atoms with van der Waals surface area (Å²) in [5, 5.41) is 0. The maximum absolute atomic E-state index is 14.0. The highest BCUT2D eigenvalue weighted by atomic mass is 79.9. The summed E-state index contributed by atoms with van der Waals surface area (Å²) in [5.74, 6) is -0.589. The van der Waals surface area contributed by atoms with Gasteiger partial charge in [-0.05, 0) is 45.8 Å². The summed E-state index contributed by atoms with van der Waals surface area (Å²) in [7, 11) is 0. The van der Waals surface area contributed by atoms with Gasteiger partial charge in [0.05, 0.1) is 16.1 Å². The third-order valence-corrected chi connectivity index (χ3v) is 4.31. The van der Waals surface area contributed by atoms with E-state index in [-0.39, 0.29) is 15.6 Å². The number of hydrogen-bond acceptors (Lipinski definition) is 1. The number of benzene rings is 2. The molecule has 7 heteroatoms. The second-order valence-electron chi connectivity index (χ2n) is 4.35. The van der Waals surface area contributed by atoms with Crippen LogP contribution in [0.1, 0.15) is 22.7 Å². The molecule has 2 rings (SSSR count). The van der Waals surface area contributed by atoms with Crippen LogP contribution in [0.4, 0.5) is 17.6 Å². The van der Waals surface area contributed by atoms with E-state index < -0.39 is 23.6 Å². The summed E-state index contributed by atoms with van der Waals surface area (Å²) in [5.41, 5.74) is 5.40. The van der Waals surface area contributed by atoms with Crippen molar-refractivity contribution in [1.82, 2.24) is 0 Å². The van der Waals surface area contributed by atoms with Crippen molar-refractivity contribution in [3.63, 3.8) is 0 Å². The van der Waals surface area contributed by atoms with E-state index in [1.807, 2.05) is 0 Å². The Bertz CT molecular complexity index is 671. The molecule has 0 aromatic heterocycles. The minimum absolute atomic E-state index is 0.115. The highest BCUT2D eigenvalue weighted by Crippen LogP contribution is 2.36. The minimum Gasteiger partial charge on any atom is -0.320 e. The predicted octanol–water partition coefficient (Wildman–Crippen LogP) is 5.42. The van der Waals surface area contributed by atoms with Gasteiger partial charge in [0.15, 0.2) is 0 Å². The number of rotatable bonds is 2. The highest BCUT2D eigenvalue weighted by molar-refractivity contribution is 9.10. The molecule has 21 heavy (non-hydrogen) atoms. The molecule has 0 amide bonds.